The summed E-state index contributed by atoms with van der Waals surface area (Å²) < 4.78 is 0. The predicted molar refractivity (Wildman–Crippen MR) is 85.0 cm³/mol. The van der Waals surface area contributed by atoms with Crippen molar-refractivity contribution in [1.82, 2.24) is 5.32 Å². The number of benzene rings is 1. The first-order valence-corrected chi connectivity index (χ1v) is 7.64. The van der Waals surface area contributed by atoms with Crippen LogP contribution >= 0.6 is 0 Å². The Balaban J connectivity index is 3.17. The van der Waals surface area contributed by atoms with Crippen LogP contribution in [-0.4, -0.2) is 23.1 Å². The van der Waals surface area contributed by atoms with Crippen LogP contribution in [0.1, 0.15) is 45.1 Å². The molecule has 1 aromatic rings. The van der Waals surface area contributed by atoms with Crippen LogP contribution < -0.4 is 11.1 Å². The Kier molecular flexibility index (Phi) is 6.76. The number of amides is 2. The molecule has 5 heteroatoms. The third-order valence-electron chi connectivity index (χ3n) is 3.52. The Labute approximate surface area is 131 Å². The second-order valence-corrected chi connectivity index (χ2v) is 5.40. The van der Waals surface area contributed by atoms with Crippen LogP contribution in [0.4, 0.5) is 0 Å². The van der Waals surface area contributed by atoms with Crippen molar-refractivity contribution in [2.24, 2.45) is 5.73 Å². The van der Waals surface area contributed by atoms with Crippen molar-refractivity contribution >= 4 is 17.6 Å². The molecule has 22 heavy (non-hydrogen) atoms. The molecule has 0 fully saturated rings. The van der Waals surface area contributed by atoms with Gasteiger partial charge < -0.3 is 11.1 Å². The van der Waals surface area contributed by atoms with E-state index in [0.717, 1.165) is 5.56 Å². The lowest BCUT2D eigenvalue weighted by Crippen LogP contribution is -2.64. The van der Waals surface area contributed by atoms with Crippen LogP contribution in [0, 0.1) is 0 Å². The SMILES string of the molecule is CCCC(=O)NC(Cc1ccccc1)(C(N)=O)C(=O)CCC. The lowest BCUT2D eigenvalue weighted by atomic mass is 9.83. The normalized spacial score (nSPS) is 13.2. The number of nitrogens with two attached hydrogens (primary N) is 1. The Morgan fingerprint density at radius 2 is 1.64 bits per heavy atom. The molecular formula is C17H24N2O3. The van der Waals surface area contributed by atoms with Crippen molar-refractivity contribution in [2.75, 3.05) is 0 Å². The summed E-state index contributed by atoms with van der Waals surface area (Å²) in [5.74, 6) is -1.48. The first-order chi connectivity index (χ1) is 10.5. The Morgan fingerprint density at radius 3 is 2.14 bits per heavy atom. The van der Waals surface area contributed by atoms with Gasteiger partial charge in [-0.05, 0) is 18.4 Å². The zero-order chi connectivity index (χ0) is 16.6. The highest BCUT2D eigenvalue weighted by Gasteiger charge is 2.44. The molecule has 0 saturated heterocycles. The zero-order valence-corrected chi connectivity index (χ0v) is 13.2. The summed E-state index contributed by atoms with van der Waals surface area (Å²) in [6.07, 6.45) is 1.75. The Bertz CT molecular complexity index is 528. The Hall–Kier alpha value is -2.17. The quantitative estimate of drug-likeness (QED) is 0.681. The predicted octanol–water partition coefficient (Wildman–Crippen LogP) is 1.74. The summed E-state index contributed by atoms with van der Waals surface area (Å²) in [5, 5.41) is 2.60. The Morgan fingerprint density at radius 1 is 1.05 bits per heavy atom. The van der Waals surface area contributed by atoms with Gasteiger partial charge in [0.25, 0.3) is 5.91 Å². The molecule has 0 aliphatic rings. The molecule has 0 aliphatic carbocycles. The van der Waals surface area contributed by atoms with E-state index in [9.17, 15) is 14.4 Å². The molecule has 0 aromatic heterocycles. The van der Waals surface area contributed by atoms with Gasteiger partial charge >= 0.3 is 0 Å². The second-order valence-electron chi connectivity index (χ2n) is 5.40. The number of nitrogens with one attached hydrogen (secondary N) is 1. The van der Waals surface area contributed by atoms with Gasteiger partial charge in [-0.2, -0.15) is 0 Å². The van der Waals surface area contributed by atoms with Gasteiger partial charge in [-0.15, -0.1) is 0 Å². The number of Topliss-reactive ketones (excluding diaryl/α,β-unsaturated/α-hetero) is 1. The number of ketones is 1. The van der Waals surface area contributed by atoms with Gasteiger partial charge in [0.2, 0.25) is 5.91 Å². The summed E-state index contributed by atoms with van der Waals surface area (Å²) in [5.41, 5.74) is 4.64. The smallest absolute Gasteiger partial charge is 0.251 e. The molecular weight excluding hydrogens is 280 g/mol. The largest absolute Gasteiger partial charge is 0.367 e. The van der Waals surface area contributed by atoms with Gasteiger partial charge in [-0.25, -0.2) is 0 Å². The van der Waals surface area contributed by atoms with Crippen molar-refractivity contribution in [3.8, 4) is 0 Å². The number of hydrogen-bond acceptors (Lipinski definition) is 3. The molecule has 0 bridgehead atoms. The summed E-state index contributed by atoms with van der Waals surface area (Å²) in [7, 11) is 0. The molecule has 120 valence electrons. The molecule has 5 nitrogen and oxygen atoms in total. The maximum absolute atomic E-state index is 12.5. The third-order valence-corrected chi connectivity index (χ3v) is 3.52. The molecule has 1 aromatic carbocycles. The van der Waals surface area contributed by atoms with E-state index in [1.54, 1.807) is 0 Å². The topological polar surface area (TPSA) is 89.3 Å². The van der Waals surface area contributed by atoms with Gasteiger partial charge in [0.15, 0.2) is 11.3 Å². The number of primary amides is 1. The number of rotatable bonds is 9. The summed E-state index contributed by atoms with van der Waals surface area (Å²) in [4.78, 5) is 36.6. The van der Waals surface area contributed by atoms with E-state index in [4.69, 9.17) is 5.73 Å². The minimum Gasteiger partial charge on any atom is -0.367 e. The number of hydrogen-bond donors (Lipinski definition) is 2. The van der Waals surface area contributed by atoms with Gasteiger partial charge in [0.1, 0.15) is 0 Å². The standard InChI is InChI=1S/C17H24N2O3/c1-3-8-14(20)17(16(18)22,19-15(21)9-4-2)12-13-10-6-5-7-11-13/h5-7,10-11H,3-4,8-9,12H2,1-2H3,(H2,18,22)(H,19,21). The fourth-order valence-corrected chi connectivity index (χ4v) is 2.37. The van der Waals surface area contributed by atoms with Crippen LogP contribution in [0.25, 0.3) is 0 Å². The van der Waals surface area contributed by atoms with Gasteiger partial charge in [-0.1, -0.05) is 44.2 Å². The van der Waals surface area contributed by atoms with Gasteiger partial charge in [0, 0.05) is 19.3 Å². The maximum Gasteiger partial charge on any atom is 0.251 e. The van der Waals surface area contributed by atoms with E-state index in [1.165, 1.54) is 0 Å². The average molecular weight is 304 g/mol. The van der Waals surface area contributed by atoms with Crippen molar-refractivity contribution in [3.05, 3.63) is 35.9 Å². The first-order valence-electron chi connectivity index (χ1n) is 7.64. The minimum atomic E-state index is -1.66. The van der Waals surface area contributed by atoms with Crippen molar-refractivity contribution < 1.29 is 14.4 Å². The van der Waals surface area contributed by atoms with Crippen molar-refractivity contribution in [1.29, 1.82) is 0 Å². The zero-order valence-electron chi connectivity index (χ0n) is 13.2. The molecule has 0 saturated carbocycles. The van der Waals surface area contributed by atoms with E-state index in [0.29, 0.717) is 12.8 Å². The second kappa shape index (κ2) is 8.32. The van der Waals surface area contributed by atoms with E-state index in [2.05, 4.69) is 5.32 Å². The fraction of sp³-hybridized carbons (Fsp3) is 0.471. The first kappa shape index (κ1) is 17.9. The summed E-state index contributed by atoms with van der Waals surface area (Å²) in [6.45, 7) is 3.70. The molecule has 0 heterocycles. The van der Waals surface area contributed by atoms with E-state index < -0.39 is 11.4 Å². The van der Waals surface area contributed by atoms with Crippen LogP contribution in [0.3, 0.4) is 0 Å². The van der Waals surface area contributed by atoms with Gasteiger partial charge in [-0.3, -0.25) is 14.4 Å². The lowest BCUT2D eigenvalue weighted by molar-refractivity contribution is -0.140. The lowest BCUT2D eigenvalue weighted by Gasteiger charge is -2.30. The highest BCUT2D eigenvalue weighted by molar-refractivity contribution is 6.12. The average Bonchev–Trinajstić information content (AvgIpc) is 2.47. The van der Waals surface area contributed by atoms with Crippen LogP contribution in [0.5, 0.6) is 0 Å². The molecule has 1 rings (SSSR count). The molecule has 1 atom stereocenters. The van der Waals surface area contributed by atoms with Gasteiger partial charge in [0.05, 0.1) is 0 Å². The molecule has 0 aliphatic heterocycles. The van der Waals surface area contributed by atoms with Crippen LogP contribution in [0.15, 0.2) is 30.3 Å². The molecule has 3 N–H and O–H groups in total. The molecule has 2 amide bonds. The minimum absolute atomic E-state index is 0.0808. The molecule has 1 unspecified atom stereocenters. The van der Waals surface area contributed by atoms with Crippen LogP contribution in [0.2, 0.25) is 0 Å². The number of carbonyl (C=O) groups is 3. The molecule has 0 radical (unpaired) electrons. The number of carbonyl (C=O) groups excluding carboxylic acids is 3. The summed E-state index contributed by atoms with van der Waals surface area (Å²) in [6, 6.07) is 9.10. The van der Waals surface area contributed by atoms with Crippen molar-refractivity contribution in [3.63, 3.8) is 0 Å². The van der Waals surface area contributed by atoms with Crippen molar-refractivity contribution in [2.45, 2.75) is 51.5 Å². The van der Waals surface area contributed by atoms with E-state index >= 15 is 0 Å². The van der Waals surface area contributed by atoms with E-state index in [-0.39, 0.29) is 31.0 Å². The third kappa shape index (κ3) is 4.41. The maximum atomic E-state index is 12.5. The highest BCUT2D eigenvalue weighted by Crippen LogP contribution is 2.18. The highest BCUT2D eigenvalue weighted by atomic mass is 16.2. The molecule has 0 spiro atoms. The monoisotopic (exact) mass is 304 g/mol. The van der Waals surface area contributed by atoms with Crippen LogP contribution in [-0.2, 0) is 20.8 Å². The fourth-order valence-electron chi connectivity index (χ4n) is 2.37. The summed E-state index contributed by atoms with van der Waals surface area (Å²) >= 11 is 0. The van der Waals surface area contributed by atoms with E-state index in [1.807, 2.05) is 44.2 Å².